The van der Waals surface area contributed by atoms with Crippen molar-refractivity contribution >= 4 is 11.3 Å². The van der Waals surface area contributed by atoms with E-state index >= 15 is 0 Å². The summed E-state index contributed by atoms with van der Waals surface area (Å²) in [5.41, 5.74) is 1.83. The summed E-state index contributed by atoms with van der Waals surface area (Å²) in [5.74, 6) is 0.998. The highest BCUT2D eigenvalue weighted by molar-refractivity contribution is 7.16. The van der Waals surface area contributed by atoms with E-state index in [0.717, 1.165) is 21.8 Å². The molecule has 2 N–H and O–H groups in total. The number of hydrogen-bond donors (Lipinski definition) is 2. The lowest BCUT2D eigenvalue weighted by Gasteiger charge is -2.02. The number of aromatic hydroxyl groups is 1. The predicted molar refractivity (Wildman–Crippen MR) is 68.6 cm³/mol. The van der Waals surface area contributed by atoms with Crippen LogP contribution < -0.4 is 4.74 Å². The molecule has 0 saturated heterocycles. The SMILES string of the molecule is COc1ccc(-c2sc(CO)c(O)c2C)cc1. The van der Waals surface area contributed by atoms with Crippen LogP contribution in [-0.2, 0) is 6.61 Å². The minimum absolute atomic E-state index is 0.131. The Morgan fingerprint density at radius 2 is 1.88 bits per heavy atom. The van der Waals surface area contributed by atoms with Crippen molar-refractivity contribution in [2.75, 3.05) is 7.11 Å². The Balaban J connectivity index is 2.45. The largest absolute Gasteiger partial charge is 0.506 e. The van der Waals surface area contributed by atoms with Gasteiger partial charge in [-0.1, -0.05) is 0 Å². The Kier molecular flexibility index (Phi) is 3.36. The number of aliphatic hydroxyl groups is 1. The van der Waals surface area contributed by atoms with Crippen LogP contribution in [0.4, 0.5) is 0 Å². The lowest BCUT2D eigenvalue weighted by Crippen LogP contribution is -1.82. The molecule has 0 aliphatic rings. The van der Waals surface area contributed by atoms with E-state index in [1.54, 1.807) is 7.11 Å². The van der Waals surface area contributed by atoms with Gasteiger partial charge in [0.05, 0.1) is 18.6 Å². The topological polar surface area (TPSA) is 49.7 Å². The number of ether oxygens (including phenoxy) is 1. The third-order valence-corrected chi connectivity index (χ3v) is 4.00. The van der Waals surface area contributed by atoms with Crippen LogP contribution in [0.1, 0.15) is 10.4 Å². The van der Waals surface area contributed by atoms with Gasteiger partial charge in [-0.25, -0.2) is 0 Å². The predicted octanol–water partition coefficient (Wildman–Crippen LogP) is 2.93. The van der Waals surface area contributed by atoms with Crippen molar-refractivity contribution in [2.24, 2.45) is 0 Å². The first-order valence-corrected chi connectivity index (χ1v) is 6.05. The molecule has 0 radical (unpaired) electrons. The molecule has 1 heterocycles. The molecule has 1 aromatic carbocycles. The van der Waals surface area contributed by atoms with Gasteiger partial charge in [-0.3, -0.25) is 0 Å². The highest BCUT2D eigenvalue weighted by Gasteiger charge is 2.14. The molecular formula is C13H14O3S. The normalized spacial score (nSPS) is 10.5. The molecule has 90 valence electrons. The first kappa shape index (κ1) is 12.0. The standard InChI is InChI=1S/C13H14O3S/c1-8-12(15)11(7-14)17-13(8)9-3-5-10(16-2)6-4-9/h3-6,14-15H,7H2,1-2H3. The average molecular weight is 250 g/mol. The first-order valence-electron chi connectivity index (χ1n) is 5.24. The summed E-state index contributed by atoms with van der Waals surface area (Å²) >= 11 is 1.41. The molecule has 0 spiro atoms. The fraction of sp³-hybridized carbons (Fsp3) is 0.231. The summed E-state index contributed by atoms with van der Waals surface area (Å²) in [4.78, 5) is 1.59. The van der Waals surface area contributed by atoms with Gasteiger partial charge in [-0.2, -0.15) is 0 Å². The van der Waals surface area contributed by atoms with Crippen LogP contribution in [0.25, 0.3) is 10.4 Å². The van der Waals surface area contributed by atoms with E-state index in [9.17, 15) is 5.11 Å². The summed E-state index contributed by atoms with van der Waals surface area (Å²) in [7, 11) is 1.63. The molecule has 0 fully saturated rings. The highest BCUT2D eigenvalue weighted by Crippen LogP contribution is 2.40. The monoisotopic (exact) mass is 250 g/mol. The smallest absolute Gasteiger partial charge is 0.135 e. The van der Waals surface area contributed by atoms with Crippen molar-refractivity contribution < 1.29 is 14.9 Å². The zero-order valence-electron chi connectivity index (χ0n) is 9.73. The van der Waals surface area contributed by atoms with E-state index < -0.39 is 0 Å². The molecule has 2 rings (SSSR count). The number of benzene rings is 1. The van der Waals surface area contributed by atoms with Gasteiger partial charge in [0.15, 0.2) is 0 Å². The van der Waals surface area contributed by atoms with Crippen LogP contribution in [0, 0.1) is 6.92 Å². The number of rotatable bonds is 3. The van der Waals surface area contributed by atoms with Gasteiger partial charge in [0.1, 0.15) is 11.5 Å². The van der Waals surface area contributed by atoms with E-state index in [4.69, 9.17) is 9.84 Å². The van der Waals surface area contributed by atoms with Gasteiger partial charge in [0.2, 0.25) is 0 Å². The van der Waals surface area contributed by atoms with Crippen LogP contribution in [-0.4, -0.2) is 17.3 Å². The van der Waals surface area contributed by atoms with Gasteiger partial charge in [0.25, 0.3) is 0 Å². The van der Waals surface area contributed by atoms with E-state index in [1.165, 1.54) is 11.3 Å². The summed E-state index contributed by atoms with van der Waals surface area (Å²) < 4.78 is 5.10. The van der Waals surface area contributed by atoms with Crippen molar-refractivity contribution in [3.05, 3.63) is 34.7 Å². The second-order valence-corrected chi connectivity index (χ2v) is 4.82. The van der Waals surface area contributed by atoms with E-state index in [0.29, 0.717) is 4.88 Å². The van der Waals surface area contributed by atoms with E-state index in [-0.39, 0.29) is 12.4 Å². The van der Waals surface area contributed by atoms with Crippen molar-refractivity contribution in [3.63, 3.8) is 0 Å². The number of hydrogen-bond acceptors (Lipinski definition) is 4. The summed E-state index contributed by atoms with van der Waals surface area (Å²) in [6.07, 6.45) is 0. The van der Waals surface area contributed by atoms with Crippen molar-refractivity contribution in [3.8, 4) is 21.9 Å². The molecule has 0 saturated carbocycles. The van der Waals surface area contributed by atoms with E-state index in [2.05, 4.69) is 0 Å². The van der Waals surface area contributed by atoms with Crippen LogP contribution in [0.15, 0.2) is 24.3 Å². The fourth-order valence-corrected chi connectivity index (χ4v) is 2.75. The zero-order chi connectivity index (χ0) is 12.4. The lowest BCUT2D eigenvalue weighted by molar-refractivity contribution is 0.280. The molecule has 0 amide bonds. The van der Waals surface area contributed by atoms with E-state index in [1.807, 2.05) is 31.2 Å². The van der Waals surface area contributed by atoms with Crippen molar-refractivity contribution in [2.45, 2.75) is 13.5 Å². The summed E-state index contributed by atoms with van der Waals surface area (Å²) in [6.45, 7) is 1.72. The maximum atomic E-state index is 9.81. The quantitative estimate of drug-likeness (QED) is 0.880. The number of aliphatic hydroxyl groups excluding tert-OH is 1. The van der Waals surface area contributed by atoms with Crippen LogP contribution in [0.5, 0.6) is 11.5 Å². The van der Waals surface area contributed by atoms with Gasteiger partial charge in [-0.15, -0.1) is 11.3 Å². The molecule has 1 aromatic heterocycles. The molecule has 4 heteroatoms. The Hall–Kier alpha value is -1.52. The fourth-order valence-electron chi connectivity index (χ4n) is 1.69. The van der Waals surface area contributed by atoms with Crippen LogP contribution in [0.3, 0.4) is 0 Å². The highest BCUT2D eigenvalue weighted by atomic mass is 32.1. The lowest BCUT2D eigenvalue weighted by atomic mass is 10.1. The first-order chi connectivity index (χ1) is 8.17. The third-order valence-electron chi connectivity index (χ3n) is 2.68. The second kappa shape index (κ2) is 4.77. The number of methoxy groups -OCH3 is 1. The third kappa shape index (κ3) is 2.14. The molecule has 0 bridgehead atoms. The molecule has 17 heavy (non-hydrogen) atoms. The Bertz CT molecular complexity index is 514. The Morgan fingerprint density at radius 1 is 1.24 bits per heavy atom. The minimum atomic E-state index is -0.131. The Morgan fingerprint density at radius 3 is 2.35 bits per heavy atom. The summed E-state index contributed by atoms with van der Waals surface area (Å²) in [5, 5.41) is 18.9. The van der Waals surface area contributed by atoms with Gasteiger partial charge in [0, 0.05) is 10.4 Å². The van der Waals surface area contributed by atoms with Crippen LogP contribution >= 0.6 is 11.3 Å². The Labute approximate surface area is 104 Å². The van der Waals surface area contributed by atoms with Gasteiger partial charge >= 0.3 is 0 Å². The van der Waals surface area contributed by atoms with Gasteiger partial charge < -0.3 is 14.9 Å². The van der Waals surface area contributed by atoms with Crippen molar-refractivity contribution in [1.82, 2.24) is 0 Å². The van der Waals surface area contributed by atoms with Gasteiger partial charge in [-0.05, 0) is 36.8 Å². The molecule has 0 aliphatic carbocycles. The molecule has 0 atom stereocenters. The molecule has 2 aromatic rings. The average Bonchev–Trinajstić information content (AvgIpc) is 2.66. The molecular weight excluding hydrogens is 236 g/mol. The van der Waals surface area contributed by atoms with Crippen LogP contribution in [0.2, 0.25) is 0 Å². The van der Waals surface area contributed by atoms with Crippen molar-refractivity contribution in [1.29, 1.82) is 0 Å². The minimum Gasteiger partial charge on any atom is -0.506 e. The molecule has 0 unspecified atom stereocenters. The maximum Gasteiger partial charge on any atom is 0.135 e. The zero-order valence-corrected chi connectivity index (χ0v) is 10.5. The summed E-state index contributed by atoms with van der Waals surface area (Å²) in [6, 6.07) is 7.64. The number of thiophene rings is 1. The second-order valence-electron chi connectivity index (χ2n) is 3.71. The molecule has 3 nitrogen and oxygen atoms in total. The molecule has 0 aliphatic heterocycles. The maximum absolute atomic E-state index is 9.81.